The second-order valence-corrected chi connectivity index (χ2v) is 6.25. The normalized spacial score (nSPS) is 24.9. The van der Waals surface area contributed by atoms with Crippen molar-refractivity contribution >= 4 is 0 Å². The molecule has 1 aromatic carbocycles. The minimum absolute atomic E-state index is 0.352. The predicted octanol–water partition coefficient (Wildman–Crippen LogP) is 2.66. The van der Waals surface area contributed by atoms with Gasteiger partial charge in [-0.15, -0.1) is 0 Å². The monoisotopic (exact) mass is 246 g/mol. The Morgan fingerprint density at radius 3 is 2.28 bits per heavy atom. The van der Waals surface area contributed by atoms with Crippen molar-refractivity contribution in [3.8, 4) is 0 Å². The van der Waals surface area contributed by atoms with Crippen LogP contribution in [0.3, 0.4) is 0 Å². The standard InChI is InChI=1S/C16H26N2/c1-12(2)8-14-4-6-15(7-5-14)10-18-9-13(3)16(17)11-18/h4-7,12-13,16H,8-11,17H2,1-3H3. The summed E-state index contributed by atoms with van der Waals surface area (Å²) < 4.78 is 0. The van der Waals surface area contributed by atoms with Gasteiger partial charge < -0.3 is 5.73 Å². The highest BCUT2D eigenvalue weighted by atomic mass is 15.2. The van der Waals surface area contributed by atoms with Crippen LogP contribution in [-0.4, -0.2) is 24.0 Å². The summed E-state index contributed by atoms with van der Waals surface area (Å²) in [5.41, 5.74) is 8.91. The molecule has 0 aromatic heterocycles. The maximum Gasteiger partial charge on any atom is 0.0234 e. The van der Waals surface area contributed by atoms with Gasteiger partial charge in [-0.25, -0.2) is 0 Å². The quantitative estimate of drug-likeness (QED) is 0.885. The average molecular weight is 246 g/mol. The van der Waals surface area contributed by atoms with Crippen LogP contribution in [0.4, 0.5) is 0 Å². The molecule has 18 heavy (non-hydrogen) atoms. The maximum atomic E-state index is 6.06. The number of hydrogen-bond acceptors (Lipinski definition) is 2. The molecule has 100 valence electrons. The van der Waals surface area contributed by atoms with E-state index in [0.717, 1.165) is 25.6 Å². The van der Waals surface area contributed by atoms with Crippen molar-refractivity contribution in [2.45, 2.75) is 39.8 Å². The molecule has 0 bridgehead atoms. The van der Waals surface area contributed by atoms with E-state index in [1.165, 1.54) is 17.5 Å². The molecule has 0 spiro atoms. The van der Waals surface area contributed by atoms with E-state index in [9.17, 15) is 0 Å². The van der Waals surface area contributed by atoms with Gasteiger partial charge in [0.1, 0.15) is 0 Å². The summed E-state index contributed by atoms with van der Waals surface area (Å²) in [5.74, 6) is 1.36. The van der Waals surface area contributed by atoms with Crippen LogP contribution in [0.2, 0.25) is 0 Å². The Morgan fingerprint density at radius 2 is 1.78 bits per heavy atom. The zero-order chi connectivity index (χ0) is 13.1. The van der Waals surface area contributed by atoms with Gasteiger partial charge in [0.15, 0.2) is 0 Å². The van der Waals surface area contributed by atoms with Gasteiger partial charge >= 0.3 is 0 Å². The third kappa shape index (κ3) is 3.56. The topological polar surface area (TPSA) is 29.3 Å². The molecular formula is C16H26N2. The first-order valence-corrected chi connectivity index (χ1v) is 7.10. The highest BCUT2D eigenvalue weighted by molar-refractivity contribution is 5.23. The molecule has 0 saturated carbocycles. The average Bonchev–Trinajstić information content (AvgIpc) is 2.60. The van der Waals surface area contributed by atoms with Crippen molar-refractivity contribution in [3.05, 3.63) is 35.4 Å². The number of nitrogens with two attached hydrogens (primary N) is 1. The molecule has 1 aliphatic rings. The molecule has 0 radical (unpaired) electrons. The maximum absolute atomic E-state index is 6.06. The zero-order valence-corrected chi connectivity index (χ0v) is 11.9. The summed E-state index contributed by atoms with van der Waals surface area (Å²) in [5, 5.41) is 0. The molecule has 2 N–H and O–H groups in total. The van der Waals surface area contributed by atoms with Gasteiger partial charge in [-0.3, -0.25) is 4.90 Å². The lowest BCUT2D eigenvalue weighted by Gasteiger charge is -2.15. The van der Waals surface area contributed by atoms with Gasteiger partial charge in [0.05, 0.1) is 0 Å². The summed E-state index contributed by atoms with van der Waals surface area (Å²) in [6.45, 7) is 9.99. The van der Waals surface area contributed by atoms with E-state index in [0.29, 0.717) is 12.0 Å². The van der Waals surface area contributed by atoms with Crippen LogP contribution < -0.4 is 5.73 Å². The van der Waals surface area contributed by atoms with Gasteiger partial charge in [0.2, 0.25) is 0 Å². The molecule has 0 amide bonds. The molecule has 2 nitrogen and oxygen atoms in total. The summed E-state index contributed by atoms with van der Waals surface area (Å²) in [6, 6.07) is 9.44. The van der Waals surface area contributed by atoms with Crippen LogP contribution in [0.1, 0.15) is 31.9 Å². The van der Waals surface area contributed by atoms with Gasteiger partial charge in [0.25, 0.3) is 0 Å². The van der Waals surface area contributed by atoms with Gasteiger partial charge in [-0.05, 0) is 29.4 Å². The van der Waals surface area contributed by atoms with Crippen molar-refractivity contribution in [3.63, 3.8) is 0 Å². The van der Waals surface area contributed by atoms with E-state index < -0.39 is 0 Å². The third-order valence-corrected chi connectivity index (χ3v) is 3.82. The Labute approximate surface area is 111 Å². The second kappa shape index (κ2) is 5.85. The van der Waals surface area contributed by atoms with E-state index >= 15 is 0 Å². The lowest BCUT2D eigenvalue weighted by Crippen LogP contribution is -2.28. The number of nitrogens with zero attached hydrogens (tertiary/aromatic N) is 1. The second-order valence-electron chi connectivity index (χ2n) is 6.25. The highest BCUT2D eigenvalue weighted by Gasteiger charge is 2.26. The SMILES string of the molecule is CC(C)Cc1ccc(CN2CC(C)C(N)C2)cc1. The molecule has 2 atom stereocenters. The van der Waals surface area contributed by atoms with Crippen molar-refractivity contribution in [2.24, 2.45) is 17.6 Å². The molecular weight excluding hydrogens is 220 g/mol. The first-order valence-electron chi connectivity index (χ1n) is 7.10. The number of rotatable bonds is 4. The summed E-state index contributed by atoms with van der Waals surface area (Å²) in [6.07, 6.45) is 1.17. The zero-order valence-electron chi connectivity index (χ0n) is 11.9. The van der Waals surface area contributed by atoms with Crippen LogP contribution in [0.5, 0.6) is 0 Å². The van der Waals surface area contributed by atoms with Crippen LogP contribution in [0.25, 0.3) is 0 Å². The van der Waals surface area contributed by atoms with Crippen molar-refractivity contribution in [1.29, 1.82) is 0 Å². The molecule has 2 unspecified atom stereocenters. The molecule has 2 rings (SSSR count). The molecule has 1 aromatic rings. The Morgan fingerprint density at radius 1 is 1.17 bits per heavy atom. The van der Waals surface area contributed by atoms with Crippen LogP contribution in [0.15, 0.2) is 24.3 Å². The molecule has 1 heterocycles. The van der Waals surface area contributed by atoms with Crippen molar-refractivity contribution < 1.29 is 0 Å². The number of likely N-dealkylation sites (tertiary alicyclic amines) is 1. The van der Waals surface area contributed by atoms with Gasteiger partial charge in [-0.1, -0.05) is 45.0 Å². The fraction of sp³-hybridized carbons (Fsp3) is 0.625. The Hall–Kier alpha value is -0.860. The van der Waals surface area contributed by atoms with Crippen molar-refractivity contribution in [2.75, 3.05) is 13.1 Å². The van der Waals surface area contributed by atoms with Crippen LogP contribution >= 0.6 is 0 Å². The summed E-state index contributed by atoms with van der Waals surface area (Å²) >= 11 is 0. The van der Waals surface area contributed by atoms with E-state index in [4.69, 9.17) is 5.73 Å². The minimum atomic E-state index is 0.352. The smallest absolute Gasteiger partial charge is 0.0234 e. The third-order valence-electron chi connectivity index (χ3n) is 3.82. The molecule has 1 aliphatic heterocycles. The predicted molar refractivity (Wildman–Crippen MR) is 77.4 cm³/mol. The summed E-state index contributed by atoms with van der Waals surface area (Å²) in [7, 11) is 0. The van der Waals surface area contributed by atoms with Gasteiger partial charge in [-0.2, -0.15) is 0 Å². The van der Waals surface area contributed by atoms with Gasteiger partial charge in [0, 0.05) is 25.7 Å². The van der Waals surface area contributed by atoms with E-state index in [-0.39, 0.29) is 0 Å². The molecule has 1 fully saturated rings. The Balaban J connectivity index is 1.90. The largest absolute Gasteiger partial charge is 0.326 e. The first-order chi connectivity index (χ1) is 8.54. The van der Waals surface area contributed by atoms with E-state index in [1.807, 2.05) is 0 Å². The number of benzene rings is 1. The van der Waals surface area contributed by atoms with E-state index in [2.05, 4.69) is 49.9 Å². The first kappa shape index (κ1) is 13.6. The van der Waals surface area contributed by atoms with Crippen molar-refractivity contribution in [1.82, 2.24) is 4.90 Å². The molecule has 1 saturated heterocycles. The Bertz CT molecular complexity index is 359. The number of hydrogen-bond donors (Lipinski definition) is 1. The molecule has 0 aliphatic carbocycles. The Kier molecular flexibility index (Phi) is 4.41. The van der Waals surface area contributed by atoms with E-state index in [1.54, 1.807) is 0 Å². The van der Waals surface area contributed by atoms with Crippen LogP contribution in [0, 0.1) is 11.8 Å². The minimum Gasteiger partial charge on any atom is -0.326 e. The summed E-state index contributed by atoms with van der Waals surface area (Å²) in [4.78, 5) is 2.47. The lowest BCUT2D eigenvalue weighted by molar-refractivity contribution is 0.319. The fourth-order valence-corrected chi connectivity index (χ4v) is 2.73. The highest BCUT2D eigenvalue weighted by Crippen LogP contribution is 2.18. The molecule has 2 heteroatoms. The fourth-order valence-electron chi connectivity index (χ4n) is 2.73. The lowest BCUT2D eigenvalue weighted by atomic mass is 10.0. The van der Waals surface area contributed by atoms with Crippen LogP contribution in [-0.2, 0) is 13.0 Å².